The van der Waals surface area contributed by atoms with Crippen LogP contribution >= 0.6 is 45.2 Å². The van der Waals surface area contributed by atoms with Crippen molar-refractivity contribution in [3.05, 3.63) is 185 Å². The number of nitrogens with one attached hydrogen (secondary N) is 2. The smallest absolute Gasteiger partial charge is 0.255 e. The van der Waals surface area contributed by atoms with Crippen molar-refractivity contribution in [2.24, 2.45) is 0 Å². The number of rotatable bonds is 6. The van der Waals surface area contributed by atoms with Gasteiger partial charge in [0, 0.05) is 29.6 Å². The molecule has 4 nitrogen and oxygen atoms in total. The van der Waals surface area contributed by atoms with Crippen LogP contribution < -0.4 is 10.6 Å². The number of carbonyl (C=O) groups is 2. The average molecular weight is 837 g/mol. The zero-order valence-corrected chi connectivity index (χ0v) is 30.1. The van der Waals surface area contributed by atoms with E-state index in [0.29, 0.717) is 11.1 Å². The molecule has 0 spiro atoms. The number of hydrogen-bond donors (Lipinski definition) is 2. The summed E-state index contributed by atoms with van der Waals surface area (Å²) < 4.78 is 2.11. The van der Waals surface area contributed by atoms with E-state index in [1.54, 1.807) is 0 Å². The van der Waals surface area contributed by atoms with Crippen LogP contribution in [-0.2, 0) is 5.41 Å². The van der Waals surface area contributed by atoms with Crippen LogP contribution in [0.3, 0.4) is 0 Å². The first-order chi connectivity index (χ1) is 22.8. The van der Waals surface area contributed by atoms with Crippen molar-refractivity contribution in [1.82, 2.24) is 0 Å². The van der Waals surface area contributed by atoms with E-state index in [1.807, 2.05) is 74.5 Å². The van der Waals surface area contributed by atoms with E-state index in [1.165, 1.54) is 22.3 Å². The van der Waals surface area contributed by atoms with E-state index >= 15 is 0 Å². The number of anilines is 2. The van der Waals surface area contributed by atoms with Crippen molar-refractivity contribution in [3.8, 4) is 11.1 Å². The Hall–Kier alpha value is -4.28. The number of carbonyl (C=O) groups excluding carboxylic acids is 2. The standard InChI is InChI=1S/C41H30I2N2O2/c1-25-11-13-27(23-37(25)42)39(46)44-31-19-15-29(16-20-31)41(35-9-5-3-7-33(35)34-8-4-6-10-36(34)41)30-17-21-32(22-18-30)45-40(47)28-14-12-26(2)38(43)24-28/h3-24H,1-2H3,(H,44,46)(H,45,47). The fraction of sp³-hybridized carbons (Fsp3) is 0.0732. The Labute approximate surface area is 301 Å². The molecule has 2 N–H and O–H groups in total. The lowest BCUT2D eigenvalue weighted by atomic mass is 9.67. The number of amides is 2. The van der Waals surface area contributed by atoms with Gasteiger partial charge in [-0.2, -0.15) is 0 Å². The molecular formula is C41H30I2N2O2. The van der Waals surface area contributed by atoms with E-state index in [-0.39, 0.29) is 11.8 Å². The van der Waals surface area contributed by atoms with Crippen LogP contribution in [0.1, 0.15) is 54.1 Å². The maximum Gasteiger partial charge on any atom is 0.255 e. The van der Waals surface area contributed by atoms with Crippen LogP contribution in [-0.4, -0.2) is 11.8 Å². The van der Waals surface area contributed by atoms with E-state index in [4.69, 9.17) is 0 Å². The van der Waals surface area contributed by atoms with Crippen molar-refractivity contribution in [3.63, 3.8) is 0 Å². The first-order valence-corrected chi connectivity index (χ1v) is 17.5. The van der Waals surface area contributed by atoms with Gasteiger partial charge in [-0.15, -0.1) is 0 Å². The minimum absolute atomic E-state index is 0.139. The summed E-state index contributed by atoms with van der Waals surface area (Å²) in [5.74, 6) is -0.278. The third-order valence-electron chi connectivity index (χ3n) is 8.97. The Kier molecular flexibility index (Phi) is 8.48. The summed E-state index contributed by atoms with van der Waals surface area (Å²) in [6.07, 6.45) is 0. The molecule has 0 heterocycles. The molecule has 1 aliphatic carbocycles. The van der Waals surface area contributed by atoms with Gasteiger partial charge in [-0.25, -0.2) is 0 Å². The summed E-state index contributed by atoms with van der Waals surface area (Å²) >= 11 is 4.52. The highest BCUT2D eigenvalue weighted by Crippen LogP contribution is 2.56. The van der Waals surface area contributed by atoms with E-state index in [9.17, 15) is 9.59 Å². The first-order valence-electron chi connectivity index (χ1n) is 15.3. The Morgan fingerprint density at radius 1 is 0.511 bits per heavy atom. The van der Waals surface area contributed by atoms with Crippen molar-refractivity contribution in [2.45, 2.75) is 19.3 Å². The average Bonchev–Trinajstić information content (AvgIpc) is 3.39. The molecule has 0 atom stereocenters. The predicted molar refractivity (Wildman–Crippen MR) is 207 cm³/mol. The summed E-state index contributed by atoms with van der Waals surface area (Å²) in [7, 11) is 0. The van der Waals surface area contributed by atoms with Gasteiger partial charge in [0.15, 0.2) is 0 Å². The SMILES string of the molecule is Cc1ccc(C(=O)Nc2ccc(C3(c4ccc(NC(=O)c5ccc(C)c(I)c5)cc4)c4ccccc4-c4ccccc43)cc2)cc1I. The minimum atomic E-state index is -0.599. The number of halogens is 2. The van der Waals surface area contributed by atoms with E-state index < -0.39 is 5.41 Å². The molecule has 2 amide bonds. The summed E-state index contributed by atoms with van der Waals surface area (Å²) in [5, 5.41) is 6.15. The van der Waals surface area contributed by atoms with Crippen LogP contribution in [0.25, 0.3) is 11.1 Å². The second-order valence-electron chi connectivity index (χ2n) is 11.8. The topological polar surface area (TPSA) is 58.2 Å². The van der Waals surface area contributed by atoms with Gasteiger partial charge in [0.05, 0.1) is 5.41 Å². The van der Waals surface area contributed by atoms with Crippen molar-refractivity contribution >= 4 is 68.4 Å². The van der Waals surface area contributed by atoms with Crippen LogP contribution in [0.5, 0.6) is 0 Å². The zero-order chi connectivity index (χ0) is 32.7. The molecule has 0 fully saturated rings. The van der Waals surface area contributed by atoms with Crippen molar-refractivity contribution in [1.29, 1.82) is 0 Å². The quantitative estimate of drug-likeness (QED) is 0.164. The molecular weight excluding hydrogens is 806 g/mol. The lowest BCUT2D eigenvalue weighted by Crippen LogP contribution is -2.28. The maximum absolute atomic E-state index is 13.1. The van der Waals surface area contributed by atoms with Gasteiger partial charge in [0.2, 0.25) is 0 Å². The van der Waals surface area contributed by atoms with Crippen LogP contribution in [0, 0.1) is 21.0 Å². The molecule has 0 aliphatic heterocycles. The van der Waals surface area contributed by atoms with Crippen molar-refractivity contribution < 1.29 is 9.59 Å². The lowest BCUT2D eigenvalue weighted by Gasteiger charge is -2.34. The Morgan fingerprint density at radius 3 is 1.28 bits per heavy atom. The molecule has 0 radical (unpaired) electrons. The molecule has 7 rings (SSSR count). The van der Waals surface area contributed by atoms with Gasteiger partial charge in [0.25, 0.3) is 11.8 Å². The van der Waals surface area contributed by atoms with Crippen LogP contribution in [0.4, 0.5) is 11.4 Å². The predicted octanol–water partition coefficient (Wildman–Crippen LogP) is 10.4. The molecule has 47 heavy (non-hydrogen) atoms. The number of benzene rings is 6. The van der Waals surface area contributed by atoms with Gasteiger partial charge >= 0.3 is 0 Å². The maximum atomic E-state index is 13.1. The number of aryl methyl sites for hydroxylation is 2. The van der Waals surface area contributed by atoms with Gasteiger partial charge in [-0.05, 0) is 152 Å². The fourth-order valence-corrected chi connectivity index (χ4v) is 7.54. The fourth-order valence-electron chi connectivity index (χ4n) is 6.51. The molecule has 0 saturated heterocycles. The van der Waals surface area contributed by atoms with E-state index in [2.05, 4.69) is 129 Å². The number of fused-ring (bicyclic) bond motifs is 3. The molecule has 230 valence electrons. The molecule has 6 aromatic rings. The third-order valence-corrected chi connectivity index (χ3v) is 11.3. The molecule has 1 aliphatic rings. The zero-order valence-electron chi connectivity index (χ0n) is 25.8. The third kappa shape index (κ3) is 5.67. The lowest BCUT2D eigenvalue weighted by molar-refractivity contribution is 0.101. The highest BCUT2D eigenvalue weighted by atomic mass is 127. The van der Waals surface area contributed by atoms with Gasteiger partial charge < -0.3 is 10.6 Å². The minimum Gasteiger partial charge on any atom is -0.322 e. The Morgan fingerprint density at radius 2 is 0.894 bits per heavy atom. The van der Waals surface area contributed by atoms with Crippen molar-refractivity contribution in [2.75, 3.05) is 10.6 Å². The second-order valence-corrected chi connectivity index (χ2v) is 14.2. The first kappa shape index (κ1) is 31.3. The van der Waals surface area contributed by atoms with Gasteiger partial charge in [-0.3, -0.25) is 9.59 Å². The molecule has 0 saturated carbocycles. The van der Waals surface area contributed by atoms with Crippen LogP contribution in [0.15, 0.2) is 133 Å². The summed E-state index contributed by atoms with van der Waals surface area (Å²) in [6.45, 7) is 4.07. The normalized spacial score (nSPS) is 12.6. The highest BCUT2D eigenvalue weighted by Gasteiger charge is 2.45. The Balaban J connectivity index is 1.27. The molecule has 0 unspecified atom stereocenters. The molecule has 0 bridgehead atoms. The van der Waals surface area contributed by atoms with Gasteiger partial charge in [0.1, 0.15) is 0 Å². The molecule has 0 aromatic heterocycles. The largest absolute Gasteiger partial charge is 0.322 e. The summed E-state index contributed by atoms with van der Waals surface area (Å²) in [5.41, 5.74) is 11.4. The van der Waals surface area contributed by atoms with Crippen LogP contribution in [0.2, 0.25) is 0 Å². The molecule has 6 heteroatoms. The second kappa shape index (κ2) is 12.7. The summed E-state index contributed by atoms with van der Waals surface area (Å²) in [4.78, 5) is 26.2. The summed E-state index contributed by atoms with van der Waals surface area (Å²) in [6, 6.07) is 45.0. The highest BCUT2D eigenvalue weighted by molar-refractivity contribution is 14.1. The van der Waals surface area contributed by atoms with E-state index in [0.717, 1.165) is 40.8 Å². The Bertz CT molecular complexity index is 2020. The number of hydrogen-bond acceptors (Lipinski definition) is 2. The van der Waals surface area contributed by atoms with Gasteiger partial charge in [-0.1, -0.05) is 84.9 Å². The monoisotopic (exact) mass is 836 g/mol. The molecule has 6 aromatic carbocycles.